The Bertz CT molecular complexity index is 331. The van der Waals surface area contributed by atoms with E-state index in [0.717, 1.165) is 0 Å². The highest BCUT2D eigenvalue weighted by Crippen LogP contribution is 1.97. The van der Waals surface area contributed by atoms with E-state index in [4.69, 9.17) is 0 Å². The lowest BCUT2D eigenvalue weighted by Gasteiger charge is -1.91. The van der Waals surface area contributed by atoms with E-state index < -0.39 is 0 Å². The summed E-state index contributed by atoms with van der Waals surface area (Å²) < 4.78 is 4.27. The molecule has 0 aromatic heterocycles. The van der Waals surface area contributed by atoms with Crippen LogP contribution in [0.3, 0.4) is 0 Å². The van der Waals surface area contributed by atoms with Crippen molar-refractivity contribution in [3.63, 3.8) is 0 Å². The van der Waals surface area contributed by atoms with Crippen LogP contribution in [0.1, 0.15) is 12.5 Å². The van der Waals surface area contributed by atoms with Gasteiger partial charge in [0, 0.05) is 5.57 Å². The number of carbonyl (C=O) groups excluding carboxylic acids is 1. The molecule has 0 aliphatic carbocycles. The molecule has 1 rings (SSSR count). The SMILES string of the molecule is C=C(C)C(=O)OC.C=Cc1ccccc1.F. The highest BCUT2D eigenvalue weighted by atomic mass is 19.0. The van der Waals surface area contributed by atoms with Gasteiger partial charge in [0.25, 0.3) is 0 Å². The van der Waals surface area contributed by atoms with Gasteiger partial charge in [0.2, 0.25) is 0 Å². The van der Waals surface area contributed by atoms with E-state index in [1.807, 2.05) is 36.4 Å². The fourth-order valence-electron chi connectivity index (χ4n) is 0.763. The van der Waals surface area contributed by atoms with Gasteiger partial charge in [0.15, 0.2) is 0 Å². The number of rotatable bonds is 2. The lowest BCUT2D eigenvalue weighted by atomic mass is 10.2. The topological polar surface area (TPSA) is 26.3 Å². The summed E-state index contributed by atoms with van der Waals surface area (Å²) >= 11 is 0. The van der Waals surface area contributed by atoms with Gasteiger partial charge >= 0.3 is 5.97 Å². The molecule has 0 aliphatic rings. The smallest absolute Gasteiger partial charge is 0.332 e. The maximum Gasteiger partial charge on any atom is 0.332 e. The third-order valence-corrected chi connectivity index (χ3v) is 1.57. The summed E-state index contributed by atoms with van der Waals surface area (Å²) in [5.74, 6) is -0.347. The molecular weight excluding hydrogens is 207 g/mol. The number of halogens is 1. The Labute approximate surface area is 95.6 Å². The van der Waals surface area contributed by atoms with Crippen LogP contribution in [0.4, 0.5) is 4.70 Å². The van der Waals surface area contributed by atoms with Gasteiger partial charge in [-0.05, 0) is 12.5 Å². The molecule has 88 valence electrons. The number of hydrogen-bond acceptors (Lipinski definition) is 2. The van der Waals surface area contributed by atoms with E-state index in [9.17, 15) is 4.79 Å². The normalized spacial score (nSPS) is 7.62. The van der Waals surface area contributed by atoms with Gasteiger partial charge in [-0.15, -0.1) is 0 Å². The highest BCUT2D eigenvalue weighted by molar-refractivity contribution is 5.86. The van der Waals surface area contributed by atoms with Gasteiger partial charge in [-0.25, -0.2) is 4.79 Å². The second kappa shape index (κ2) is 9.65. The van der Waals surface area contributed by atoms with Crippen LogP contribution in [-0.2, 0) is 9.53 Å². The van der Waals surface area contributed by atoms with Crippen molar-refractivity contribution >= 4 is 12.0 Å². The lowest BCUT2D eigenvalue weighted by Crippen LogP contribution is -1.98. The second-order valence-corrected chi connectivity index (χ2v) is 2.89. The van der Waals surface area contributed by atoms with Gasteiger partial charge in [0.05, 0.1) is 7.11 Å². The number of esters is 1. The summed E-state index contributed by atoms with van der Waals surface area (Å²) in [6.07, 6.45) is 1.83. The molecule has 3 heteroatoms. The lowest BCUT2D eigenvalue weighted by molar-refractivity contribution is -0.136. The molecule has 0 unspecified atom stereocenters. The monoisotopic (exact) mass is 224 g/mol. The highest BCUT2D eigenvalue weighted by Gasteiger charge is 1.95. The zero-order chi connectivity index (χ0) is 11.7. The van der Waals surface area contributed by atoms with Crippen LogP contribution in [0.25, 0.3) is 6.08 Å². The minimum absolute atomic E-state index is 0. The Hall–Kier alpha value is -1.90. The number of methoxy groups -OCH3 is 1. The van der Waals surface area contributed by atoms with Crippen molar-refractivity contribution < 1.29 is 14.2 Å². The van der Waals surface area contributed by atoms with Crippen molar-refractivity contribution in [1.29, 1.82) is 0 Å². The molecule has 16 heavy (non-hydrogen) atoms. The van der Waals surface area contributed by atoms with Crippen LogP contribution < -0.4 is 0 Å². The van der Waals surface area contributed by atoms with Gasteiger partial charge in [0.1, 0.15) is 0 Å². The molecule has 0 atom stereocenters. The first kappa shape index (κ1) is 16.5. The van der Waals surface area contributed by atoms with Crippen molar-refractivity contribution in [3.05, 3.63) is 54.6 Å². The fraction of sp³-hybridized carbons (Fsp3) is 0.154. The summed E-state index contributed by atoms with van der Waals surface area (Å²) in [4.78, 5) is 10.2. The molecule has 0 bridgehead atoms. The van der Waals surface area contributed by atoms with Crippen LogP contribution >= 0.6 is 0 Å². The average molecular weight is 224 g/mol. The summed E-state index contributed by atoms with van der Waals surface area (Å²) in [5.41, 5.74) is 1.61. The predicted octanol–water partition coefficient (Wildman–Crippen LogP) is 3.22. The minimum atomic E-state index is -0.347. The molecule has 1 aromatic rings. The van der Waals surface area contributed by atoms with Crippen LogP contribution in [-0.4, -0.2) is 13.1 Å². The Morgan fingerprint density at radius 3 is 2.00 bits per heavy atom. The van der Waals surface area contributed by atoms with Crippen molar-refractivity contribution in [2.45, 2.75) is 6.92 Å². The molecular formula is C13H17FO2. The molecule has 0 radical (unpaired) electrons. The standard InChI is InChI=1S/C8H8.C5H8O2.FH/c1-2-8-6-4-3-5-7-8;1-4(2)5(6)7-3;/h2-7H,1H2;1H2,2-3H3;1H. The Morgan fingerprint density at radius 2 is 1.81 bits per heavy atom. The number of carbonyl (C=O) groups is 1. The van der Waals surface area contributed by atoms with Crippen molar-refractivity contribution in [2.24, 2.45) is 0 Å². The number of hydrogen-bond donors (Lipinski definition) is 0. The maximum absolute atomic E-state index is 10.2. The zero-order valence-electron chi connectivity index (χ0n) is 9.60. The van der Waals surface area contributed by atoms with Crippen molar-refractivity contribution in [2.75, 3.05) is 7.11 Å². The van der Waals surface area contributed by atoms with Crippen molar-refractivity contribution in [1.82, 2.24) is 0 Å². The van der Waals surface area contributed by atoms with E-state index in [1.54, 1.807) is 6.92 Å². The molecule has 0 aliphatic heterocycles. The molecule has 0 fully saturated rings. The predicted molar refractivity (Wildman–Crippen MR) is 65.9 cm³/mol. The summed E-state index contributed by atoms with van der Waals surface area (Å²) in [6, 6.07) is 10.0. The van der Waals surface area contributed by atoms with E-state index in [2.05, 4.69) is 17.9 Å². The Morgan fingerprint density at radius 1 is 1.31 bits per heavy atom. The summed E-state index contributed by atoms with van der Waals surface area (Å²) in [7, 11) is 1.33. The zero-order valence-corrected chi connectivity index (χ0v) is 9.60. The number of ether oxygens (including phenoxy) is 1. The molecule has 0 heterocycles. The molecule has 0 amide bonds. The Kier molecular flexibility index (Phi) is 9.96. The largest absolute Gasteiger partial charge is 0.466 e. The van der Waals surface area contributed by atoms with Crippen LogP contribution in [0.5, 0.6) is 0 Å². The van der Waals surface area contributed by atoms with E-state index >= 15 is 0 Å². The maximum atomic E-state index is 10.2. The first-order chi connectivity index (χ1) is 7.11. The van der Waals surface area contributed by atoms with Gasteiger partial charge < -0.3 is 4.74 Å². The van der Waals surface area contributed by atoms with Crippen LogP contribution in [0, 0.1) is 0 Å². The Balaban J connectivity index is 0. The minimum Gasteiger partial charge on any atom is -0.466 e. The summed E-state index contributed by atoms with van der Waals surface area (Å²) in [6.45, 7) is 8.59. The molecule has 0 N–H and O–H groups in total. The van der Waals surface area contributed by atoms with Crippen LogP contribution in [0.2, 0.25) is 0 Å². The van der Waals surface area contributed by atoms with Crippen molar-refractivity contribution in [3.8, 4) is 0 Å². The molecule has 1 aromatic carbocycles. The van der Waals surface area contributed by atoms with Gasteiger partial charge in [-0.1, -0.05) is 49.6 Å². The first-order valence-corrected chi connectivity index (χ1v) is 4.53. The average Bonchev–Trinajstić information content (AvgIpc) is 2.29. The van der Waals surface area contributed by atoms with E-state index in [1.165, 1.54) is 12.7 Å². The van der Waals surface area contributed by atoms with Gasteiger partial charge in [-0.2, -0.15) is 0 Å². The quantitative estimate of drug-likeness (QED) is 0.569. The molecule has 0 saturated carbocycles. The molecule has 2 nitrogen and oxygen atoms in total. The second-order valence-electron chi connectivity index (χ2n) is 2.89. The van der Waals surface area contributed by atoms with Crippen LogP contribution in [0.15, 0.2) is 49.1 Å². The molecule has 0 saturated heterocycles. The third kappa shape index (κ3) is 7.50. The van der Waals surface area contributed by atoms with Gasteiger partial charge in [-0.3, -0.25) is 4.70 Å². The van der Waals surface area contributed by atoms with E-state index in [0.29, 0.717) is 5.57 Å². The fourth-order valence-corrected chi connectivity index (χ4v) is 0.763. The first-order valence-electron chi connectivity index (χ1n) is 4.53. The third-order valence-electron chi connectivity index (χ3n) is 1.57. The van der Waals surface area contributed by atoms with E-state index in [-0.39, 0.29) is 10.7 Å². The molecule has 0 spiro atoms. The number of benzene rings is 1. The summed E-state index contributed by atoms with van der Waals surface area (Å²) in [5, 5.41) is 0.